The van der Waals surface area contributed by atoms with E-state index in [0.717, 1.165) is 38.0 Å². The zero-order chi connectivity index (χ0) is 16.5. The van der Waals surface area contributed by atoms with Crippen molar-refractivity contribution in [1.29, 1.82) is 0 Å². The third-order valence-electron chi connectivity index (χ3n) is 3.49. The molecule has 1 N–H and O–H groups in total. The van der Waals surface area contributed by atoms with Gasteiger partial charge in [0.05, 0.1) is 12.8 Å². The second-order valence-electron chi connectivity index (χ2n) is 5.44. The summed E-state index contributed by atoms with van der Waals surface area (Å²) in [7, 11) is 1.57. The molecule has 0 bridgehead atoms. The lowest BCUT2D eigenvalue weighted by Gasteiger charge is -2.20. The van der Waals surface area contributed by atoms with Gasteiger partial charge in [-0.05, 0) is 44.5 Å². The van der Waals surface area contributed by atoms with Gasteiger partial charge in [-0.2, -0.15) is 0 Å². The van der Waals surface area contributed by atoms with Crippen molar-refractivity contribution in [1.82, 2.24) is 4.90 Å². The summed E-state index contributed by atoms with van der Waals surface area (Å²) < 4.78 is 5.28. The maximum atomic E-state index is 12.2. The van der Waals surface area contributed by atoms with Crippen LogP contribution in [0.3, 0.4) is 0 Å². The Balaban J connectivity index is 2.63. The third kappa shape index (κ3) is 5.85. The first kappa shape index (κ1) is 18.8. The van der Waals surface area contributed by atoms with Crippen LogP contribution in [0.5, 0.6) is 5.75 Å². The first-order valence-electron chi connectivity index (χ1n) is 7.88. The summed E-state index contributed by atoms with van der Waals surface area (Å²) in [5.41, 5.74) is 1.59. The second-order valence-corrected chi connectivity index (χ2v) is 5.85. The number of carbonyl (C=O) groups is 1. The van der Waals surface area contributed by atoms with Crippen LogP contribution < -0.4 is 10.1 Å². The molecule has 0 aliphatic carbocycles. The summed E-state index contributed by atoms with van der Waals surface area (Å²) in [6, 6.07) is 3.57. The van der Waals surface area contributed by atoms with E-state index in [2.05, 4.69) is 24.1 Å². The zero-order valence-electron chi connectivity index (χ0n) is 14.0. The Morgan fingerprint density at radius 1 is 1.23 bits per heavy atom. The Hall–Kier alpha value is -1.26. The molecule has 0 aromatic heterocycles. The summed E-state index contributed by atoms with van der Waals surface area (Å²) in [4.78, 5) is 14.5. The van der Waals surface area contributed by atoms with Gasteiger partial charge in [0.2, 0.25) is 5.91 Å². The fraction of sp³-hybridized carbons (Fsp3) is 0.588. The van der Waals surface area contributed by atoms with E-state index in [1.807, 2.05) is 13.0 Å². The number of rotatable bonds is 9. The number of ether oxygens (including phenoxy) is 1. The van der Waals surface area contributed by atoms with Crippen LogP contribution >= 0.6 is 11.6 Å². The molecule has 5 heteroatoms. The first-order chi connectivity index (χ1) is 10.5. The van der Waals surface area contributed by atoms with E-state index in [-0.39, 0.29) is 5.91 Å². The van der Waals surface area contributed by atoms with Gasteiger partial charge < -0.3 is 15.0 Å². The van der Waals surface area contributed by atoms with E-state index in [1.165, 1.54) is 0 Å². The molecule has 0 fully saturated rings. The van der Waals surface area contributed by atoms with Crippen molar-refractivity contribution in [3.63, 3.8) is 0 Å². The van der Waals surface area contributed by atoms with E-state index in [9.17, 15) is 4.79 Å². The Morgan fingerprint density at radius 3 is 2.41 bits per heavy atom. The molecule has 1 aromatic rings. The molecule has 22 heavy (non-hydrogen) atoms. The number of anilines is 1. The predicted octanol–water partition coefficient (Wildman–Crippen LogP) is 4.11. The average molecular weight is 327 g/mol. The molecule has 1 amide bonds. The Morgan fingerprint density at radius 2 is 1.86 bits per heavy atom. The van der Waals surface area contributed by atoms with E-state index in [0.29, 0.717) is 22.9 Å². The van der Waals surface area contributed by atoms with E-state index in [1.54, 1.807) is 13.2 Å². The Kier molecular flexibility index (Phi) is 8.28. The molecule has 0 unspecified atom stereocenters. The smallest absolute Gasteiger partial charge is 0.225 e. The van der Waals surface area contributed by atoms with Crippen molar-refractivity contribution >= 4 is 23.2 Å². The van der Waals surface area contributed by atoms with Gasteiger partial charge in [0.1, 0.15) is 5.75 Å². The van der Waals surface area contributed by atoms with Gasteiger partial charge in [0.25, 0.3) is 0 Å². The maximum Gasteiger partial charge on any atom is 0.225 e. The van der Waals surface area contributed by atoms with Gasteiger partial charge in [-0.1, -0.05) is 25.4 Å². The van der Waals surface area contributed by atoms with Crippen molar-refractivity contribution in [2.45, 2.75) is 40.0 Å². The van der Waals surface area contributed by atoms with Crippen molar-refractivity contribution in [3.05, 3.63) is 22.7 Å². The highest BCUT2D eigenvalue weighted by Gasteiger charge is 2.11. The highest BCUT2D eigenvalue weighted by atomic mass is 35.5. The molecule has 4 nitrogen and oxygen atoms in total. The van der Waals surface area contributed by atoms with Gasteiger partial charge in [-0.3, -0.25) is 4.79 Å². The van der Waals surface area contributed by atoms with Gasteiger partial charge in [0, 0.05) is 24.1 Å². The molecular weight excluding hydrogens is 300 g/mol. The van der Waals surface area contributed by atoms with Crippen LogP contribution in [0.25, 0.3) is 0 Å². The van der Waals surface area contributed by atoms with Crippen LogP contribution in [0.1, 0.15) is 38.7 Å². The standard InChI is InChI=1S/C17H27ClN2O2/c1-5-8-20(9-6-2)10-7-17(21)19-15-11-13(3)14(18)12-16(15)22-4/h11-12H,5-10H2,1-4H3,(H,19,21). The largest absolute Gasteiger partial charge is 0.495 e. The number of nitrogens with one attached hydrogen (secondary N) is 1. The lowest BCUT2D eigenvalue weighted by molar-refractivity contribution is -0.116. The first-order valence-corrected chi connectivity index (χ1v) is 8.25. The molecule has 124 valence electrons. The number of methoxy groups -OCH3 is 1. The molecule has 0 saturated carbocycles. The summed E-state index contributed by atoms with van der Waals surface area (Å²) in [6.07, 6.45) is 2.68. The number of hydrogen-bond donors (Lipinski definition) is 1. The maximum absolute atomic E-state index is 12.2. The highest BCUT2D eigenvalue weighted by Crippen LogP contribution is 2.30. The molecule has 0 aliphatic rings. The highest BCUT2D eigenvalue weighted by molar-refractivity contribution is 6.31. The second kappa shape index (κ2) is 9.70. The monoisotopic (exact) mass is 326 g/mol. The molecule has 0 radical (unpaired) electrons. The molecule has 0 heterocycles. The molecule has 1 rings (SSSR count). The fourth-order valence-corrected chi connectivity index (χ4v) is 2.52. The third-order valence-corrected chi connectivity index (χ3v) is 3.90. The Labute approximate surface area is 138 Å². The normalized spacial score (nSPS) is 10.8. The number of hydrogen-bond acceptors (Lipinski definition) is 3. The number of aryl methyl sites for hydroxylation is 1. The topological polar surface area (TPSA) is 41.6 Å². The summed E-state index contributed by atoms with van der Waals surface area (Å²) in [5.74, 6) is 0.583. The van der Waals surface area contributed by atoms with Crippen LogP contribution in [-0.2, 0) is 4.79 Å². The number of halogens is 1. The van der Waals surface area contributed by atoms with Gasteiger partial charge in [0.15, 0.2) is 0 Å². The molecule has 0 saturated heterocycles. The number of carbonyl (C=O) groups excluding carboxylic acids is 1. The van der Waals surface area contributed by atoms with Gasteiger partial charge in [-0.15, -0.1) is 0 Å². The number of amides is 1. The lowest BCUT2D eigenvalue weighted by atomic mass is 10.2. The molecular formula is C17H27ClN2O2. The van der Waals surface area contributed by atoms with Gasteiger partial charge >= 0.3 is 0 Å². The predicted molar refractivity (Wildman–Crippen MR) is 93.0 cm³/mol. The average Bonchev–Trinajstić information content (AvgIpc) is 2.48. The molecule has 0 atom stereocenters. The van der Waals surface area contributed by atoms with Crippen LogP contribution in [0.15, 0.2) is 12.1 Å². The summed E-state index contributed by atoms with van der Waals surface area (Å²) >= 11 is 6.07. The number of nitrogens with zero attached hydrogens (tertiary/aromatic N) is 1. The van der Waals surface area contributed by atoms with Crippen molar-refractivity contribution in [3.8, 4) is 5.75 Å². The quantitative estimate of drug-likeness (QED) is 0.742. The van der Waals surface area contributed by atoms with Crippen molar-refractivity contribution in [2.24, 2.45) is 0 Å². The van der Waals surface area contributed by atoms with Crippen LogP contribution in [0.4, 0.5) is 5.69 Å². The van der Waals surface area contributed by atoms with Crippen molar-refractivity contribution < 1.29 is 9.53 Å². The van der Waals surface area contributed by atoms with E-state index < -0.39 is 0 Å². The molecule has 1 aromatic carbocycles. The van der Waals surface area contributed by atoms with Crippen molar-refractivity contribution in [2.75, 3.05) is 32.1 Å². The van der Waals surface area contributed by atoms with Crippen LogP contribution in [-0.4, -0.2) is 37.6 Å². The molecule has 0 aliphatic heterocycles. The minimum atomic E-state index is -0.00257. The lowest BCUT2D eigenvalue weighted by Crippen LogP contribution is -2.29. The van der Waals surface area contributed by atoms with Gasteiger partial charge in [-0.25, -0.2) is 0 Å². The fourth-order valence-electron chi connectivity index (χ4n) is 2.37. The minimum absolute atomic E-state index is 0.00257. The Bertz CT molecular complexity index is 486. The SMILES string of the molecule is CCCN(CCC)CCC(=O)Nc1cc(C)c(Cl)cc1OC. The summed E-state index contributed by atoms with van der Waals surface area (Å²) in [6.45, 7) is 9.06. The molecule has 0 spiro atoms. The zero-order valence-corrected chi connectivity index (χ0v) is 14.8. The van der Waals surface area contributed by atoms with Crippen LogP contribution in [0.2, 0.25) is 5.02 Å². The van der Waals surface area contributed by atoms with E-state index >= 15 is 0 Å². The minimum Gasteiger partial charge on any atom is -0.495 e. The van der Waals surface area contributed by atoms with Crippen LogP contribution in [0, 0.1) is 6.92 Å². The summed E-state index contributed by atoms with van der Waals surface area (Å²) in [5, 5.41) is 3.55. The number of benzene rings is 1. The van der Waals surface area contributed by atoms with E-state index in [4.69, 9.17) is 16.3 Å².